The van der Waals surface area contributed by atoms with Crippen LogP contribution < -0.4 is 5.32 Å². The fourth-order valence-electron chi connectivity index (χ4n) is 2.19. The van der Waals surface area contributed by atoms with Gasteiger partial charge in [0.05, 0.1) is 23.0 Å². The summed E-state index contributed by atoms with van der Waals surface area (Å²) in [6.07, 6.45) is 1.69. The van der Waals surface area contributed by atoms with Gasteiger partial charge in [-0.2, -0.15) is 0 Å². The smallest absolute Gasteiger partial charge is 0.256 e. The van der Waals surface area contributed by atoms with Crippen LogP contribution in [0, 0.1) is 13.8 Å². The Morgan fingerprint density at radius 1 is 1.20 bits per heavy atom. The van der Waals surface area contributed by atoms with Gasteiger partial charge < -0.3 is 5.32 Å². The van der Waals surface area contributed by atoms with Crippen molar-refractivity contribution in [3.63, 3.8) is 0 Å². The average molecular weight is 282 g/mol. The second kappa shape index (κ2) is 5.06. The van der Waals surface area contributed by atoms with E-state index in [2.05, 4.69) is 10.3 Å². The summed E-state index contributed by atoms with van der Waals surface area (Å²) in [6.45, 7) is 3.97. The minimum absolute atomic E-state index is 0.0797. The molecule has 0 unspecified atom stereocenters. The van der Waals surface area contributed by atoms with E-state index in [4.69, 9.17) is 0 Å². The Balaban J connectivity index is 1.89. The molecule has 3 nitrogen and oxygen atoms in total. The first-order valence-corrected chi connectivity index (χ1v) is 7.18. The molecule has 3 aromatic rings. The molecule has 0 aliphatic heterocycles. The highest BCUT2D eigenvalue weighted by molar-refractivity contribution is 7.12. The third-order valence-electron chi connectivity index (χ3n) is 3.13. The third kappa shape index (κ3) is 2.42. The fraction of sp³-hybridized carbons (Fsp3) is 0.125. The largest absolute Gasteiger partial charge is 0.321 e. The predicted molar refractivity (Wildman–Crippen MR) is 83.5 cm³/mol. The molecule has 0 saturated heterocycles. The number of fused-ring (bicyclic) bond motifs is 1. The van der Waals surface area contributed by atoms with Crippen molar-refractivity contribution in [2.45, 2.75) is 13.8 Å². The van der Waals surface area contributed by atoms with E-state index >= 15 is 0 Å². The Hall–Kier alpha value is -2.20. The van der Waals surface area contributed by atoms with Crippen LogP contribution in [0.1, 0.15) is 20.1 Å². The van der Waals surface area contributed by atoms with Gasteiger partial charge >= 0.3 is 0 Å². The van der Waals surface area contributed by atoms with Crippen LogP contribution in [0.3, 0.4) is 0 Å². The van der Waals surface area contributed by atoms with E-state index in [0.29, 0.717) is 0 Å². The molecular weight excluding hydrogens is 268 g/mol. The van der Waals surface area contributed by atoms with Gasteiger partial charge in [0.25, 0.3) is 5.91 Å². The van der Waals surface area contributed by atoms with Crippen LogP contribution >= 0.6 is 11.3 Å². The van der Waals surface area contributed by atoms with Crippen molar-refractivity contribution >= 4 is 33.8 Å². The van der Waals surface area contributed by atoms with Crippen molar-refractivity contribution in [3.05, 3.63) is 57.9 Å². The molecular formula is C16H14N2OS. The number of para-hydroxylation sites is 1. The summed E-state index contributed by atoms with van der Waals surface area (Å²) < 4.78 is 0. The number of anilines is 1. The number of nitrogens with one attached hydrogen (secondary N) is 1. The van der Waals surface area contributed by atoms with Gasteiger partial charge in [-0.1, -0.05) is 18.2 Å². The topological polar surface area (TPSA) is 42.0 Å². The summed E-state index contributed by atoms with van der Waals surface area (Å²) in [7, 11) is 0. The van der Waals surface area contributed by atoms with Gasteiger partial charge in [-0.05, 0) is 32.0 Å². The second-order valence-electron chi connectivity index (χ2n) is 4.70. The van der Waals surface area contributed by atoms with Crippen molar-refractivity contribution in [1.29, 1.82) is 0 Å². The van der Waals surface area contributed by atoms with E-state index in [9.17, 15) is 4.79 Å². The summed E-state index contributed by atoms with van der Waals surface area (Å²) in [6, 6.07) is 11.7. The van der Waals surface area contributed by atoms with Crippen molar-refractivity contribution in [3.8, 4) is 0 Å². The highest BCUT2D eigenvalue weighted by Crippen LogP contribution is 2.22. The van der Waals surface area contributed by atoms with Crippen molar-refractivity contribution in [2.75, 3.05) is 5.32 Å². The summed E-state index contributed by atoms with van der Waals surface area (Å²) in [5.74, 6) is -0.0797. The number of rotatable bonds is 2. The number of thiophene rings is 1. The number of carbonyl (C=O) groups excluding carboxylic acids is 1. The first-order chi connectivity index (χ1) is 9.63. The maximum absolute atomic E-state index is 12.3. The molecule has 0 saturated carbocycles. The van der Waals surface area contributed by atoms with E-state index in [-0.39, 0.29) is 5.91 Å². The quantitative estimate of drug-likeness (QED) is 0.766. The molecule has 1 aromatic carbocycles. The zero-order valence-electron chi connectivity index (χ0n) is 11.3. The maximum Gasteiger partial charge on any atom is 0.256 e. The van der Waals surface area contributed by atoms with Crippen LogP contribution in [0.2, 0.25) is 0 Å². The minimum Gasteiger partial charge on any atom is -0.321 e. The van der Waals surface area contributed by atoms with E-state index in [1.807, 2.05) is 50.2 Å². The van der Waals surface area contributed by atoms with E-state index in [1.165, 1.54) is 0 Å². The zero-order chi connectivity index (χ0) is 14.1. The standard InChI is InChI=1S/C16H14N2OS/c1-10-7-14(11(2)20-10)16(19)18-13-8-12-5-3-4-6-15(12)17-9-13/h3-9H,1-2H3,(H,18,19). The number of pyridine rings is 1. The number of hydrogen-bond acceptors (Lipinski definition) is 3. The number of amides is 1. The molecule has 3 rings (SSSR count). The van der Waals surface area contributed by atoms with Crippen LogP contribution in [0.5, 0.6) is 0 Å². The highest BCUT2D eigenvalue weighted by Gasteiger charge is 2.12. The van der Waals surface area contributed by atoms with Gasteiger partial charge in [-0.3, -0.25) is 9.78 Å². The van der Waals surface area contributed by atoms with Gasteiger partial charge in [0.1, 0.15) is 0 Å². The maximum atomic E-state index is 12.3. The van der Waals surface area contributed by atoms with Gasteiger partial charge in [-0.25, -0.2) is 0 Å². The lowest BCUT2D eigenvalue weighted by atomic mass is 10.2. The number of aromatic nitrogens is 1. The molecule has 2 heterocycles. The molecule has 100 valence electrons. The summed E-state index contributed by atoms with van der Waals surface area (Å²) in [5, 5.41) is 3.93. The summed E-state index contributed by atoms with van der Waals surface area (Å²) in [5.41, 5.74) is 2.38. The number of aryl methyl sites for hydroxylation is 2. The molecule has 2 aromatic heterocycles. The van der Waals surface area contributed by atoms with Crippen LogP contribution in [-0.2, 0) is 0 Å². The van der Waals surface area contributed by atoms with E-state index in [1.54, 1.807) is 17.5 Å². The van der Waals surface area contributed by atoms with Crippen LogP contribution in [0.4, 0.5) is 5.69 Å². The molecule has 20 heavy (non-hydrogen) atoms. The molecule has 0 fully saturated rings. The lowest BCUT2D eigenvalue weighted by Crippen LogP contribution is -2.12. The van der Waals surface area contributed by atoms with Gasteiger partial charge in [0.2, 0.25) is 0 Å². The highest BCUT2D eigenvalue weighted by atomic mass is 32.1. The molecule has 4 heteroatoms. The number of benzene rings is 1. The molecule has 0 aliphatic rings. The van der Waals surface area contributed by atoms with Crippen LogP contribution in [0.25, 0.3) is 10.9 Å². The van der Waals surface area contributed by atoms with E-state index in [0.717, 1.165) is 31.9 Å². The number of carbonyl (C=O) groups is 1. The molecule has 0 radical (unpaired) electrons. The third-order valence-corrected chi connectivity index (χ3v) is 4.10. The Morgan fingerprint density at radius 3 is 2.75 bits per heavy atom. The zero-order valence-corrected chi connectivity index (χ0v) is 12.1. The molecule has 1 amide bonds. The molecule has 0 spiro atoms. The molecule has 0 bridgehead atoms. The average Bonchev–Trinajstić information content (AvgIpc) is 2.78. The minimum atomic E-state index is -0.0797. The Bertz CT molecular complexity index is 792. The molecule has 0 aliphatic carbocycles. The number of hydrogen-bond donors (Lipinski definition) is 1. The van der Waals surface area contributed by atoms with Crippen molar-refractivity contribution in [2.24, 2.45) is 0 Å². The Morgan fingerprint density at radius 2 is 2.00 bits per heavy atom. The van der Waals surface area contributed by atoms with Gasteiger partial charge in [-0.15, -0.1) is 11.3 Å². The summed E-state index contributed by atoms with van der Waals surface area (Å²) in [4.78, 5) is 18.8. The monoisotopic (exact) mass is 282 g/mol. The van der Waals surface area contributed by atoms with Crippen LogP contribution in [0.15, 0.2) is 42.6 Å². The molecule has 0 atom stereocenters. The lowest BCUT2D eigenvalue weighted by molar-refractivity contribution is 0.102. The SMILES string of the molecule is Cc1cc(C(=O)Nc2cnc3ccccc3c2)c(C)s1. The summed E-state index contributed by atoms with van der Waals surface area (Å²) >= 11 is 1.63. The van der Waals surface area contributed by atoms with Gasteiger partial charge in [0, 0.05) is 15.1 Å². The van der Waals surface area contributed by atoms with E-state index < -0.39 is 0 Å². The number of nitrogens with zero attached hydrogens (tertiary/aromatic N) is 1. The van der Waals surface area contributed by atoms with Crippen molar-refractivity contribution < 1.29 is 4.79 Å². The van der Waals surface area contributed by atoms with Crippen molar-refractivity contribution in [1.82, 2.24) is 4.98 Å². The molecule has 1 N–H and O–H groups in total. The Kier molecular flexibility index (Phi) is 3.24. The first-order valence-electron chi connectivity index (χ1n) is 6.36. The Labute approximate surface area is 121 Å². The second-order valence-corrected chi connectivity index (χ2v) is 6.16. The predicted octanol–water partition coefficient (Wildman–Crippen LogP) is 4.17. The van der Waals surface area contributed by atoms with Crippen LogP contribution in [-0.4, -0.2) is 10.9 Å². The van der Waals surface area contributed by atoms with Gasteiger partial charge in [0.15, 0.2) is 0 Å². The first kappa shape index (κ1) is 12.8. The lowest BCUT2D eigenvalue weighted by Gasteiger charge is -2.05. The normalized spacial score (nSPS) is 10.7. The fourth-order valence-corrected chi connectivity index (χ4v) is 3.12.